The van der Waals surface area contributed by atoms with Crippen LogP contribution in [0.5, 0.6) is 0 Å². The van der Waals surface area contributed by atoms with Crippen molar-refractivity contribution in [2.75, 3.05) is 5.32 Å². The van der Waals surface area contributed by atoms with Crippen LogP contribution in [-0.4, -0.2) is 4.98 Å². The lowest BCUT2D eigenvalue weighted by atomic mass is 10.1. The molecule has 118 valence electrons. The zero-order chi connectivity index (χ0) is 16.4. The van der Waals surface area contributed by atoms with Crippen molar-refractivity contribution in [1.82, 2.24) is 4.98 Å². The first-order valence-corrected chi connectivity index (χ1v) is 8.76. The maximum atomic E-state index is 4.86. The molecule has 3 rings (SSSR count). The van der Waals surface area contributed by atoms with E-state index in [2.05, 4.69) is 75.5 Å². The largest absolute Gasteiger partial charge is 0.332 e. The van der Waals surface area contributed by atoms with E-state index in [-0.39, 0.29) is 0 Å². The van der Waals surface area contributed by atoms with Gasteiger partial charge in [-0.3, -0.25) is 0 Å². The van der Waals surface area contributed by atoms with Crippen LogP contribution in [-0.2, 0) is 0 Å². The number of hydrogen-bond donors (Lipinski definition) is 1. The normalized spacial score (nSPS) is 11.0. The van der Waals surface area contributed by atoms with Crippen molar-refractivity contribution < 1.29 is 0 Å². The van der Waals surface area contributed by atoms with Crippen LogP contribution < -0.4 is 5.32 Å². The highest BCUT2D eigenvalue weighted by Crippen LogP contribution is 2.37. The summed E-state index contributed by atoms with van der Waals surface area (Å²) in [5.41, 5.74) is 5.90. The van der Waals surface area contributed by atoms with E-state index in [1.807, 2.05) is 6.07 Å². The molecule has 0 aliphatic carbocycles. The monoisotopic (exact) mass is 322 g/mol. The molecule has 1 aromatic heterocycles. The summed E-state index contributed by atoms with van der Waals surface area (Å²) in [5, 5.41) is 4.43. The number of thiazole rings is 1. The van der Waals surface area contributed by atoms with Crippen LogP contribution in [0.3, 0.4) is 0 Å². The average Bonchev–Trinajstić information content (AvgIpc) is 2.91. The lowest BCUT2D eigenvalue weighted by Gasteiger charge is -2.05. The summed E-state index contributed by atoms with van der Waals surface area (Å²) in [4.78, 5) is 6.19. The highest BCUT2D eigenvalue weighted by atomic mass is 32.1. The molecule has 1 N–H and O–H groups in total. The number of hydrogen-bond acceptors (Lipinski definition) is 3. The van der Waals surface area contributed by atoms with Gasteiger partial charge in [0.05, 0.1) is 5.69 Å². The van der Waals surface area contributed by atoms with Gasteiger partial charge < -0.3 is 5.32 Å². The molecule has 0 amide bonds. The fourth-order valence-electron chi connectivity index (χ4n) is 2.75. The minimum absolute atomic E-state index is 0.456. The zero-order valence-corrected chi connectivity index (χ0v) is 14.9. The van der Waals surface area contributed by atoms with E-state index in [0.717, 1.165) is 16.5 Å². The Labute approximate surface area is 142 Å². The minimum atomic E-state index is 0.456. The van der Waals surface area contributed by atoms with Crippen LogP contribution in [0.25, 0.3) is 11.3 Å². The molecular weight excluding hydrogens is 300 g/mol. The molecule has 0 atom stereocenters. The summed E-state index contributed by atoms with van der Waals surface area (Å²) >= 11 is 1.75. The molecular formula is C20H22N2S. The third kappa shape index (κ3) is 3.62. The number of nitrogens with zero attached hydrogens (tertiary/aromatic N) is 1. The van der Waals surface area contributed by atoms with Crippen molar-refractivity contribution in [2.45, 2.75) is 33.6 Å². The van der Waals surface area contributed by atoms with Gasteiger partial charge in [-0.1, -0.05) is 50.2 Å². The van der Waals surface area contributed by atoms with E-state index in [1.165, 1.54) is 21.6 Å². The molecule has 3 aromatic rings. The quantitative estimate of drug-likeness (QED) is 0.610. The fourth-order valence-corrected chi connectivity index (χ4v) is 3.76. The van der Waals surface area contributed by atoms with E-state index in [1.54, 1.807) is 11.3 Å². The van der Waals surface area contributed by atoms with Gasteiger partial charge in [0.15, 0.2) is 5.13 Å². The van der Waals surface area contributed by atoms with Crippen molar-refractivity contribution in [1.29, 1.82) is 0 Å². The standard InChI is InChI=1S/C20H22N2S/c1-13(2)19-18(16-8-6-5-7-9-16)22-20(23-19)21-17-11-14(3)10-15(4)12-17/h5-13H,1-4H3,(H,21,22). The maximum Gasteiger partial charge on any atom is 0.187 e. The van der Waals surface area contributed by atoms with Crippen LogP contribution in [0.15, 0.2) is 48.5 Å². The number of rotatable bonds is 4. The van der Waals surface area contributed by atoms with Gasteiger partial charge in [0, 0.05) is 16.1 Å². The van der Waals surface area contributed by atoms with Crippen molar-refractivity contribution in [3.8, 4) is 11.3 Å². The molecule has 0 spiro atoms. The Bertz CT molecular complexity index is 784. The van der Waals surface area contributed by atoms with Crippen LogP contribution >= 0.6 is 11.3 Å². The van der Waals surface area contributed by atoms with Gasteiger partial charge >= 0.3 is 0 Å². The SMILES string of the molecule is Cc1cc(C)cc(Nc2nc(-c3ccccc3)c(C(C)C)s2)c1. The second-order valence-corrected chi connectivity index (χ2v) is 7.28. The van der Waals surface area contributed by atoms with Gasteiger partial charge in [0.1, 0.15) is 0 Å². The summed E-state index contributed by atoms with van der Waals surface area (Å²) in [6.45, 7) is 8.69. The molecule has 0 fully saturated rings. The molecule has 23 heavy (non-hydrogen) atoms. The molecule has 0 unspecified atom stereocenters. The Balaban J connectivity index is 1.98. The van der Waals surface area contributed by atoms with Crippen molar-refractivity contribution in [2.24, 2.45) is 0 Å². The highest BCUT2D eigenvalue weighted by molar-refractivity contribution is 7.16. The molecule has 0 bridgehead atoms. The zero-order valence-electron chi connectivity index (χ0n) is 14.1. The second kappa shape index (κ2) is 6.55. The van der Waals surface area contributed by atoms with Gasteiger partial charge in [-0.05, 0) is 43.0 Å². The fraction of sp³-hybridized carbons (Fsp3) is 0.250. The van der Waals surface area contributed by atoms with Crippen molar-refractivity contribution in [3.63, 3.8) is 0 Å². The summed E-state index contributed by atoms with van der Waals surface area (Å²) in [6.07, 6.45) is 0. The van der Waals surface area contributed by atoms with Gasteiger partial charge in [-0.2, -0.15) is 0 Å². The highest BCUT2D eigenvalue weighted by Gasteiger charge is 2.16. The molecule has 0 aliphatic rings. The van der Waals surface area contributed by atoms with Crippen LogP contribution in [0, 0.1) is 13.8 Å². The number of aromatic nitrogens is 1. The predicted octanol–water partition coefficient (Wildman–Crippen LogP) is 6.29. The van der Waals surface area contributed by atoms with Gasteiger partial charge in [0.25, 0.3) is 0 Å². The Morgan fingerprint density at radius 3 is 2.22 bits per heavy atom. The molecule has 2 aromatic carbocycles. The van der Waals surface area contributed by atoms with Crippen molar-refractivity contribution in [3.05, 3.63) is 64.5 Å². The average molecular weight is 322 g/mol. The lowest BCUT2D eigenvalue weighted by molar-refractivity contribution is 0.888. The third-order valence-corrected chi connectivity index (χ3v) is 4.97. The van der Waals surface area contributed by atoms with Gasteiger partial charge in [-0.25, -0.2) is 4.98 Å². The summed E-state index contributed by atoms with van der Waals surface area (Å²) in [6, 6.07) is 16.9. The van der Waals surface area contributed by atoms with Crippen LogP contribution in [0.1, 0.15) is 35.8 Å². The van der Waals surface area contributed by atoms with E-state index in [0.29, 0.717) is 5.92 Å². The van der Waals surface area contributed by atoms with Crippen molar-refractivity contribution >= 4 is 22.2 Å². The smallest absolute Gasteiger partial charge is 0.187 e. The lowest BCUT2D eigenvalue weighted by Crippen LogP contribution is -1.91. The summed E-state index contributed by atoms with van der Waals surface area (Å²) < 4.78 is 0. The summed E-state index contributed by atoms with van der Waals surface area (Å²) in [7, 11) is 0. The van der Waals surface area contributed by atoms with E-state index in [4.69, 9.17) is 4.98 Å². The predicted molar refractivity (Wildman–Crippen MR) is 101 cm³/mol. The topological polar surface area (TPSA) is 24.9 Å². The molecule has 0 saturated carbocycles. The summed E-state index contributed by atoms with van der Waals surface area (Å²) in [5.74, 6) is 0.456. The van der Waals surface area contributed by atoms with Gasteiger partial charge in [-0.15, -0.1) is 11.3 Å². The first kappa shape index (κ1) is 15.8. The Morgan fingerprint density at radius 2 is 1.61 bits per heavy atom. The molecule has 2 nitrogen and oxygen atoms in total. The Kier molecular flexibility index (Phi) is 4.49. The van der Waals surface area contributed by atoms with E-state index in [9.17, 15) is 0 Å². The molecule has 1 heterocycles. The Morgan fingerprint density at radius 1 is 0.957 bits per heavy atom. The second-order valence-electron chi connectivity index (χ2n) is 6.25. The van der Waals surface area contributed by atoms with E-state index < -0.39 is 0 Å². The number of anilines is 2. The van der Waals surface area contributed by atoms with E-state index >= 15 is 0 Å². The molecule has 3 heteroatoms. The molecule has 0 saturated heterocycles. The number of nitrogens with one attached hydrogen (secondary N) is 1. The first-order valence-electron chi connectivity index (χ1n) is 7.94. The van der Waals surface area contributed by atoms with Gasteiger partial charge in [0.2, 0.25) is 0 Å². The number of aryl methyl sites for hydroxylation is 2. The minimum Gasteiger partial charge on any atom is -0.332 e. The maximum absolute atomic E-state index is 4.86. The first-order chi connectivity index (χ1) is 11.0. The Hall–Kier alpha value is -2.13. The molecule has 0 radical (unpaired) electrons. The number of benzene rings is 2. The third-order valence-electron chi connectivity index (χ3n) is 3.70. The van der Waals surface area contributed by atoms with Crippen LogP contribution in [0.2, 0.25) is 0 Å². The molecule has 0 aliphatic heterocycles. The van der Waals surface area contributed by atoms with Crippen LogP contribution in [0.4, 0.5) is 10.8 Å².